The van der Waals surface area contributed by atoms with Crippen molar-refractivity contribution in [1.29, 1.82) is 0 Å². The van der Waals surface area contributed by atoms with Crippen molar-refractivity contribution >= 4 is 0 Å². The molecular weight excluding hydrogens is 306 g/mol. The summed E-state index contributed by atoms with van der Waals surface area (Å²) in [5, 5.41) is 11.9. The molecule has 0 saturated heterocycles. The molecule has 0 aliphatic heterocycles. The predicted molar refractivity (Wildman–Crippen MR) is 113 cm³/mol. The Morgan fingerprint density at radius 1 is 0.400 bits per heavy atom. The lowest BCUT2D eigenvalue weighted by atomic mass is 10.0. The molecule has 2 heteroatoms. The zero-order valence-corrected chi connectivity index (χ0v) is 17.5. The van der Waals surface area contributed by atoms with Crippen LogP contribution in [0.1, 0.15) is 128 Å². The Balaban J connectivity index is 2.94. The van der Waals surface area contributed by atoms with Gasteiger partial charge in [0.25, 0.3) is 0 Å². The highest BCUT2D eigenvalue weighted by Gasteiger charge is 1.95. The van der Waals surface area contributed by atoms with Crippen molar-refractivity contribution < 1.29 is 5.11 Å². The fourth-order valence-corrected chi connectivity index (χ4v) is 3.60. The molecule has 2 N–H and O–H groups in total. The summed E-state index contributed by atoms with van der Waals surface area (Å²) in [6.45, 7) is 1.56. The van der Waals surface area contributed by atoms with E-state index in [9.17, 15) is 0 Å². The van der Waals surface area contributed by atoms with Gasteiger partial charge in [-0.1, -0.05) is 116 Å². The van der Waals surface area contributed by atoms with Gasteiger partial charge in [0.1, 0.15) is 0 Å². The van der Waals surface area contributed by atoms with Crippen molar-refractivity contribution in [3.8, 4) is 0 Å². The van der Waals surface area contributed by atoms with E-state index in [-0.39, 0.29) is 0 Å². The molecule has 0 radical (unpaired) electrons. The zero-order chi connectivity index (χ0) is 18.3. The van der Waals surface area contributed by atoms with Crippen LogP contribution in [0.3, 0.4) is 0 Å². The van der Waals surface area contributed by atoms with E-state index in [4.69, 9.17) is 5.11 Å². The average Bonchev–Trinajstić information content (AvgIpc) is 2.63. The molecule has 0 saturated carbocycles. The first-order valence-corrected chi connectivity index (χ1v) is 11.7. The van der Waals surface area contributed by atoms with E-state index in [0.29, 0.717) is 6.61 Å². The minimum absolute atomic E-state index is 0.372. The normalized spacial score (nSPS) is 11.3. The molecule has 0 fully saturated rings. The van der Waals surface area contributed by atoms with Gasteiger partial charge in [-0.3, -0.25) is 0 Å². The lowest BCUT2D eigenvalue weighted by Gasteiger charge is -2.04. The van der Waals surface area contributed by atoms with Gasteiger partial charge in [0.2, 0.25) is 0 Å². The summed E-state index contributed by atoms with van der Waals surface area (Å²) in [6.07, 6.45) is 28.0. The fourth-order valence-electron chi connectivity index (χ4n) is 3.60. The van der Waals surface area contributed by atoms with Gasteiger partial charge in [0.15, 0.2) is 0 Å². The molecule has 0 aliphatic rings. The van der Waals surface area contributed by atoms with Crippen molar-refractivity contribution in [3.05, 3.63) is 0 Å². The first kappa shape index (κ1) is 24.9. The van der Waals surface area contributed by atoms with E-state index in [0.717, 1.165) is 6.42 Å². The zero-order valence-electron chi connectivity index (χ0n) is 17.5. The standard InChI is InChI=1S/C23H49NO/c1-24-22-20-18-16-14-12-10-8-6-4-2-3-5-7-9-11-13-15-17-19-21-23-25/h24-25H,2-23H2,1H3. The molecule has 0 atom stereocenters. The third-order valence-electron chi connectivity index (χ3n) is 5.33. The molecular formula is C23H49NO. The van der Waals surface area contributed by atoms with E-state index in [1.165, 1.54) is 129 Å². The number of rotatable bonds is 22. The number of hydrogen-bond donors (Lipinski definition) is 2. The van der Waals surface area contributed by atoms with Crippen LogP contribution in [0.2, 0.25) is 0 Å². The number of unbranched alkanes of at least 4 members (excludes halogenated alkanes) is 19. The van der Waals surface area contributed by atoms with E-state index in [1.54, 1.807) is 0 Å². The second-order valence-electron chi connectivity index (χ2n) is 7.90. The van der Waals surface area contributed by atoms with Gasteiger partial charge in [0.05, 0.1) is 0 Å². The molecule has 0 spiro atoms. The maximum absolute atomic E-state index is 8.72. The predicted octanol–water partition coefficient (Wildman–Crippen LogP) is 7.00. The van der Waals surface area contributed by atoms with Gasteiger partial charge in [-0.15, -0.1) is 0 Å². The summed E-state index contributed by atoms with van der Waals surface area (Å²) in [5.74, 6) is 0. The Morgan fingerprint density at radius 3 is 0.880 bits per heavy atom. The summed E-state index contributed by atoms with van der Waals surface area (Å²) < 4.78 is 0. The van der Waals surface area contributed by atoms with E-state index in [1.807, 2.05) is 7.05 Å². The first-order valence-electron chi connectivity index (χ1n) is 11.7. The molecule has 0 bridgehead atoms. The number of hydrogen-bond acceptors (Lipinski definition) is 2. The summed E-state index contributed by atoms with van der Waals surface area (Å²) in [6, 6.07) is 0. The monoisotopic (exact) mass is 355 g/mol. The molecule has 0 aromatic rings. The van der Waals surface area contributed by atoms with Crippen molar-refractivity contribution in [1.82, 2.24) is 5.32 Å². The SMILES string of the molecule is CNCCCCCCCCCCCCCCCCCCCCCCO. The average molecular weight is 356 g/mol. The van der Waals surface area contributed by atoms with Crippen LogP contribution in [0.15, 0.2) is 0 Å². The molecule has 0 aromatic heterocycles. The van der Waals surface area contributed by atoms with Gasteiger partial charge in [0, 0.05) is 6.61 Å². The Bertz CT molecular complexity index is 198. The first-order chi connectivity index (χ1) is 12.4. The lowest BCUT2D eigenvalue weighted by Crippen LogP contribution is -2.06. The molecule has 152 valence electrons. The topological polar surface area (TPSA) is 32.3 Å². The van der Waals surface area contributed by atoms with Crippen LogP contribution in [-0.2, 0) is 0 Å². The molecule has 0 heterocycles. The minimum Gasteiger partial charge on any atom is -0.396 e. The van der Waals surface area contributed by atoms with E-state index in [2.05, 4.69) is 5.32 Å². The highest BCUT2D eigenvalue weighted by Crippen LogP contribution is 2.14. The molecule has 2 nitrogen and oxygen atoms in total. The van der Waals surface area contributed by atoms with Gasteiger partial charge >= 0.3 is 0 Å². The molecule has 0 rings (SSSR count). The summed E-state index contributed by atoms with van der Waals surface area (Å²) in [4.78, 5) is 0. The molecule has 0 aliphatic carbocycles. The molecule has 0 aromatic carbocycles. The summed E-state index contributed by atoms with van der Waals surface area (Å²) >= 11 is 0. The minimum atomic E-state index is 0.372. The van der Waals surface area contributed by atoms with Crippen LogP contribution in [0.25, 0.3) is 0 Å². The van der Waals surface area contributed by atoms with Crippen LogP contribution in [0, 0.1) is 0 Å². The fraction of sp³-hybridized carbons (Fsp3) is 1.00. The Hall–Kier alpha value is -0.0800. The van der Waals surface area contributed by atoms with Crippen LogP contribution in [-0.4, -0.2) is 25.3 Å². The Kier molecular flexibility index (Phi) is 23.8. The number of nitrogens with one attached hydrogen (secondary N) is 1. The summed E-state index contributed by atoms with van der Waals surface area (Å²) in [7, 11) is 2.05. The lowest BCUT2D eigenvalue weighted by molar-refractivity contribution is 0.282. The number of aliphatic hydroxyl groups excluding tert-OH is 1. The largest absolute Gasteiger partial charge is 0.396 e. The third-order valence-corrected chi connectivity index (χ3v) is 5.33. The van der Waals surface area contributed by atoms with Crippen LogP contribution < -0.4 is 5.32 Å². The highest BCUT2D eigenvalue weighted by atomic mass is 16.2. The van der Waals surface area contributed by atoms with Crippen molar-refractivity contribution in [2.75, 3.05) is 20.2 Å². The second kappa shape index (κ2) is 23.9. The van der Waals surface area contributed by atoms with Crippen LogP contribution in [0.5, 0.6) is 0 Å². The van der Waals surface area contributed by atoms with Gasteiger partial charge in [-0.05, 0) is 26.4 Å². The van der Waals surface area contributed by atoms with Crippen LogP contribution in [0.4, 0.5) is 0 Å². The Morgan fingerprint density at radius 2 is 0.640 bits per heavy atom. The third kappa shape index (κ3) is 23.9. The second-order valence-corrected chi connectivity index (χ2v) is 7.90. The van der Waals surface area contributed by atoms with Crippen molar-refractivity contribution in [2.45, 2.75) is 128 Å². The number of aliphatic hydroxyl groups is 1. The van der Waals surface area contributed by atoms with Gasteiger partial charge in [-0.2, -0.15) is 0 Å². The van der Waals surface area contributed by atoms with Gasteiger partial charge < -0.3 is 10.4 Å². The van der Waals surface area contributed by atoms with E-state index < -0.39 is 0 Å². The van der Waals surface area contributed by atoms with Crippen LogP contribution >= 0.6 is 0 Å². The maximum Gasteiger partial charge on any atom is 0.0431 e. The molecule has 0 unspecified atom stereocenters. The Labute approximate surface area is 159 Å². The van der Waals surface area contributed by atoms with Crippen molar-refractivity contribution in [2.24, 2.45) is 0 Å². The quantitative estimate of drug-likeness (QED) is 0.205. The van der Waals surface area contributed by atoms with Gasteiger partial charge in [-0.25, -0.2) is 0 Å². The summed E-state index contributed by atoms with van der Waals surface area (Å²) in [5.41, 5.74) is 0. The maximum atomic E-state index is 8.72. The molecule has 0 amide bonds. The molecule has 25 heavy (non-hydrogen) atoms. The highest BCUT2D eigenvalue weighted by molar-refractivity contribution is 4.51. The smallest absolute Gasteiger partial charge is 0.0431 e. The van der Waals surface area contributed by atoms with E-state index >= 15 is 0 Å². The van der Waals surface area contributed by atoms with Crippen molar-refractivity contribution in [3.63, 3.8) is 0 Å².